The number of nitrogens with one attached hydrogen (secondary N) is 1. The minimum absolute atomic E-state index is 0.124. The minimum atomic E-state index is -3.30. The summed E-state index contributed by atoms with van der Waals surface area (Å²) in [5, 5.41) is 8.76. The molecule has 3 rings (SSSR count). The van der Waals surface area contributed by atoms with E-state index in [1.54, 1.807) is 21.8 Å². The van der Waals surface area contributed by atoms with E-state index in [1.165, 1.54) is 15.6 Å². The Balaban J connectivity index is 1.73. The fourth-order valence-electron chi connectivity index (χ4n) is 2.73. The van der Waals surface area contributed by atoms with Crippen molar-refractivity contribution in [2.45, 2.75) is 25.9 Å². The Hall–Kier alpha value is -1.78. The number of aromatic nitrogens is 3. The van der Waals surface area contributed by atoms with Crippen LogP contribution >= 0.6 is 11.3 Å². The average molecular weight is 369 g/mol. The molecule has 0 spiro atoms. The first kappa shape index (κ1) is 17.1. The van der Waals surface area contributed by atoms with Crippen LogP contribution in [0.5, 0.6) is 0 Å². The minimum Gasteiger partial charge on any atom is -0.348 e. The van der Waals surface area contributed by atoms with Gasteiger partial charge in [-0.3, -0.25) is 9.48 Å². The molecule has 0 bridgehead atoms. The number of rotatable bonds is 6. The zero-order valence-corrected chi connectivity index (χ0v) is 14.9. The summed E-state index contributed by atoms with van der Waals surface area (Å²) in [6.07, 6.45) is 2.23. The number of carbonyl (C=O) groups excluding carboxylic acids is 1. The van der Waals surface area contributed by atoms with Gasteiger partial charge in [-0.1, -0.05) is 6.92 Å². The molecule has 24 heavy (non-hydrogen) atoms. The number of nitrogens with zero attached hydrogens (tertiary/aromatic N) is 4. The molecule has 3 heterocycles. The summed E-state index contributed by atoms with van der Waals surface area (Å²) < 4.78 is 28.0. The molecule has 8 nitrogen and oxygen atoms in total. The third-order valence-electron chi connectivity index (χ3n) is 3.87. The van der Waals surface area contributed by atoms with E-state index >= 15 is 0 Å². The molecule has 130 valence electrons. The summed E-state index contributed by atoms with van der Waals surface area (Å²) in [6, 6.07) is 1.57. The van der Waals surface area contributed by atoms with E-state index in [0.717, 1.165) is 5.69 Å². The average Bonchev–Trinajstić information content (AvgIpc) is 3.22. The van der Waals surface area contributed by atoms with Crippen LogP contribution in [0.2, 0.25) is 0 Å². The van der Waals surface area contributed by atoms with Crippen molar-refractivity contribution >= 4 is 27.3 Å². The van der Waals surface area contributed by atoms with Crippen molar-refractivity contribution in [3.63, 3.8) is 0 Å². The predicted molar refractivity (Wildman–Crippen MR) is 90.2 cm³/mol. The molecule has 0 aliphatic carbocycles. The quantitative estimate of drug-likeness (QED) is 0.815. The van der Waals surface area contributed by atoms with E-state index in [9.17, 15) is 13.2 Å². The maximum absolute atomic E-state index is 12.4. The molecule has 1 atom stereocenters. The van der Waals surface area contributed by atoms with Gasteiger partial charge in [-0.15, -0.1) is 11.3 Å². The highest BCUT2D eigenvalue weighted by Gasteiger charge is 2.32. The Labute approximate surface area is 144 Å². The highest BCUT2D eigenvalue weighted by Crippen LogP contribution is 2.23. The number of thiazole rings is 1. The van der Waals surface area contributed by atoms with Crippen molar-refractivity contribution in [1.29, 1.82) is 0 Å². The maximum atomic E-state index is 12.4. The van der Waals surface area contributed by atoms with Gasteiger partial charge in [-0.05, 0) is 12.5 Å². The summed E-state index contributed by atoms with van der Waals surface area (Å²) in [6.45, 7) is 2.76. The van der Waals surface area contributed by atoms with Gasteiger partial charge in [-0.2, -0.15) is 9.40 Å². The molecule has 0 radical (unpaired) electrons. The van der Waals surface area contributed by atoms with Crippen molar-refractivity contribution in [3.8, 4) is 0 Å². The molecule has 1 amide bonds. The fourth-order valence-corrected chi connectivity index (χ4v) is 4.76. The van der Waals surface area contributed by atoms with E-state index in [1.807, 2.05) is 13.0 Å². The molecule has 1 aliphatic heterocycles. The first-order valence-corrected chi connectivity index (χ1v) is 10.2. The van der Waals surface area contributed by atoms with E-state index in [4.69, 9.17) is 0 Å². The van der Waals surface area contributed by atoms with E-state index in [-0.39, 0.29) is 17.7 Å². The summed E-state index contributed by atoms with van der Waals surface area (Å²) >= 11 is 1.35. The van der Waals surface area contributed by atoms with Crippen LogP contribution in [0.25, 0.3) is 0 Å². The third kappa shape index (κ3) is 3.50. The Kier molecular flexibility index (Phi) is 4.97. The summed E-state index contributed by atoms with van der Waals surface area (Å²) in [7, 11) is -3.30. The lowest BCUT2D eigenvalue weighted by Crippen LogP contribution is -2.45. The summed E-state index contributed by atoms with van der Waals surface area (Å²) in [4.78, 5) is 16.0. The Morgan fingerprint density at radius 2 is 2.33 bits per heavy atom. The second-order valence-corrected chi connectivity index (χ2v) is 8.42. The van der Waals surface area contributed by atoms with Crippen molar-refractivity contribution in [3.05, 3.63) is 34.5 Å². The van der Waals surface area contributed by atoms with Gasteiger partial charge in [0.15, 0.2) is 0 Å². The first-order chi connectivity index (χ1) is 11.5. The van der Waals surface area contributed by atoms with Crippen LogP contribution in [0.15, 0.2) is 23.2 Å². The summed E-state index contributed by atoms with van der Waals surface area (Å²) in [5.74, 6) is -0.141. The van der Waals surface area contributed by atoms with Gasteiger partial charge < -0.3 is 5.32 Å². The Bertz CT molecular complexity index is 800. The molecule has 0 fully saturated rings. The first-order valence-electron chi connectivity index (χ1n) is 7.68. The molecule has 10 heteroatoms. The fraction of sp³-hybridized carbons (Fsp3) is 0.500. The molecule has 0 saturated carbocycles. The monoisotopic (exact) mass is 369 g/mol. The van der Waals surface area contributed by atoms with Gasteiger partial charge in [-0.25, -0.2) is 13.4 Å². The van der Waals surface area contributed by atoms with Gasteiger partial charge in [0.25, 0.3) is 5.91 Å². The van der Waals surface area contributed by atoms with Gasteiger partial charge in [0.1, 0.15) is 5.69 Å². The van der Waals surface area contributed by atoms with Gasteiger partial charge >= 0.3 is 0 Å². The van der Waals surface area contributed by atoms with Crippen molar-refractivity contribution < 1.29 is 13.2 Å². The number of hydrogen-bond donors (Lipinski definition) is 1. The maximum Gasteiger partial charge on any atom is 0.270 e. The molecule has 0 saturated heterocycles. The van der Waals surface area contributed by atoms with Gasteiger partial charge in [0.2, 0.25) is 10.0 Å². The number of amides is 1. The highest BCUT2D eigenvalue weighted by atomic mass is 32.2. The van der Waals surface area contributed by atoms with Crippen molar-refractivity contribution in [1.82, 2.24) is 24.4 Å². The van der Waals surface area contributed by atoms with Gasteiger partial charge in [0, 0.05) is 24.7 Å². The lowest BCUT2D eigenvalue weighted by Gasteiger charge is -2.33. The SMILES string of the molecule is CCCS(=O)(=O)N1Cc2ccnn2[C@@H](CNC(=O)c2cscn2)C1. The zero-order valence-electron chi connectivity index (χ0n) is 13.3. The molecule has 1 aliphatic rings. The molecule has 2 aromatic rings. The molecular weight excluding hydrogens is 350 g/mol. The van der Waals surface area contributed by atoms with Crippen LogP contribution < -0.4 is 5.32 Å². The lowest BCUT2D eigenvalue weighted by molar-refractivity contribution is 0.0938. The van der Waals surface area contributed by atoms with Crippen LogP contribution in [0.4, 0.5) is 0 Å². The molecule has 2 aromatic heterocycles. The van der Waals surface area contributed by atoms with Crippen LogP contribution in [-0.4, -0.2) is 52.2 Å². The standard InChI is InChI=1S/C14H19N5O3S2/c1-2-5-24(21,22)18-7-11-3-4-17-19(11)12(8-18)6-15-14(20)13-9-23-10-16-13/h3-4,9-10,12H,2,5-8H2,1H3,(H,15,20)/t12-/m0/s1. The number of carbonyl (C=O) groups is 1. The predicted octanol–water partition coefficient (Wildman–Crippen LogP) is 0.866. The number of fused-ring (bicyclic) bond motifs is 1. The normalized spacial score (nSPS) is 18.3. The highest BCUT2D eigenvalue weighted by molar-refractivity contribution is 7.89. The van der Waals surface area contributed by atoms with Crippen LogP contribution in [0.1, 0.15) is 35.6 Å². The summed E-state index contributed by atoms with van der Waals surface area (Å²) in [5.41, 5.74) is 2.79. The van der Waals surface area contributed by atoms with E-state index in [0.29, 0.717) is 31.7 Å². The van der Waals surface area contributed by atoms with Crippen LogP contribution in [0, 0.1) is 0 Å². The van der Waals surface area contributed by atoms with E-state index < -0.39 is 10.0 Å². The second-order valence-electron chi connectivity index (χ2n) is 5.61. The smallest absolute Gasteiger partial charge is 0.270 e. The zero-order chi connectivity index (χ0) is 17.2. The Morgan fingerprint density at radius 1 is 1.50 bits per heavy atom. The lowest BCUT2D eigenvalue weighted by atomic mass is 10.2. The molecular formula is C14H19N5O3S2. The van der Waals surface area contributed by atoms with Gasteiger partial charge in [0.05, 0.1) is 29.5 Å². The van der Waals surface area contributed by atoms with Crippen LogP contribution in [-0.2, 0) is 16.6 Å². The third-order valence-corrected chi connectivity index (χ3v) is 6.45. The van der Waals surface area contributed by atoms with Crippen LogP contribution in [0.3, 0.4) is 0 Å². The van der Waals surface area contributed by atoms with Crippen molar-refractivity contribution in [2.75, 3.05) is 18.8 Å². The topological polar surface area (TPSA) is 97.2 Å². The largest absolute Gasteiger partial charge is 0.348 e. The number of hydrogen-bond acceptors (Lipinski definition) is 6. The molecule has 1 N–H and O–H groups in total. The Morgan fingerprint density at radius 3 is 3.04 bits per heavy atom. The molecule has 0 aromatic carbocycles. The molecule has 0 unspecified atom stereocenters. The van der Waals surface area contributed by atoms with E-state index in [2.05, 4.69) is 15.4 Å². The van der Waals surface area contributed by atoms with Crippen molar-refractivity contribution in [2.24, 2.45) is 0 Å². The second kappa shape index (κ2) is 6.99. The number of sulfonamides is 1.